The lowest BCUT2D eigenvalue weighted by molar-refractivity contribution is 0.102. The van der Waals surface area contributed by atoms with Crippen LogP contribution in [0.1, 0.15) is 23.0 Å². The number of nitrogens with one attached hydrogen (secondary N) is 2. The van der Waals surface area contributed by atoms with Crippen molar-refractivity contribution in [3.8, 4) is 0 Å². The smallest absolute Gasteiger partial charge is 0.257 e. The zero-order valence-corrected chi connectivity index (χ0v) is 11.3. The molecular formula is C13H17N5O. The van der Waals surface area contributed by atoms with Crippen LogP contribution in [-0.2, 0) is 7.05 Å². The Hall–Kier alpha value is -2.37. The number of carbonyl (C=O) groups excluding carboxylic acids is 1. The summed E-state index contributed by atoms with van der Waals surface area (Å²) in [6.45, 7) is 4.60. The zero-order valence-electron chi connectivity index (χ0n) is 11.3. The zero-order chi connectivity index (χ0) is 13.8. The van der Waals surface area contributed by atoms with Crippen molar-refractivity contribution in [1.82, 2.24) is 14.8 Å². The van der Waals surface area contributed by atoms with Crippen LogP contribution in [0.3, 0.4) is 0 Å². The van der Waals surface area contributed by atoms with E-state index in [9.17, 15) is 4.79 Å². The lowest BCUT2D eigenvalue weighted by Gasteiger charge is -2.07. The number of hydrogen-bond donors (Lipinski definition) is 2. The summed E-state index contributed by atoms with van der Waals surface area (Å²) in [5, 5.41) is 9.96. The third-order valence-corrected chi connectivity index (χ3v) is 2.53. The molecule has 1 amide bonds. The quantitative estimate of drug-likeness (QED) is 0.878. The Labute approximate surface area is 111 Å². The second kappa shape index (κ2) is 5.51. The number of hydrogen-bond acceptors (Lipinski definition) is 4. The number of anilines is 2. The molecule has 2 heterocycles. The highest BCUT2D eigenvalue weighted by Gasteiger charge is 2.10. The van der Waals surface area contributed by atoms with E-state index in [-0.39, 0.29) is 5.91 Å². The molecule has 0 atom stereocenters. The molecule has 6 heteroatoms. The summed E-state index contributed by atoms with van der Waals surface area (Å²) in [4.78, 5) is 16.4. The lowest BCUT2D eigenvalue weighted by Crippen LogP contribution is -2.14. The molecule has 0 unspecified atom stereocenters. The molecule has 2 aromatic heterocycles. The molecule has 0 fully saturated rings. The number of amides is 1. The van der Waals surface area contributed by atoms with E-state index in [4.69, 9.17) is 0 Å². The third-order valence-electron chi connectivity index (χ3n) is 2.53. The van der Waals surface area contributed by atoms with E-state index in [1.54, 1.807) is 36.1 Å². The largest absolute Gasteiger partial charge is 0.370 e. The van der Waals surface area contributed by atoms with Gasteiger partial charge in [-0.1, -0.05) is 0 Å². The Bertz CT molecular complexity index is 590. The maximum absolute atomic E-state index is 12.1. The standard InChI is InChI=1S/C13H17N5O/c1-4-14-12-8-10(7-9(2)15-12)13(19)16-11-5-6-18(3)17-11/h5-8H,4H2,1-3H3,(H,14,15)(H,16,17,19). The van der Waals surface area contributed by atoms with Gasteiger partial charge in [0.25, 0.3) is 5.91 Å². The van der Waals surface area contributed by atoms with Gasteiger partial charge in [0, 0.05) is 37.1 Å². The number of aryl methyl sites for hydroxylation is 2. The van der Waals surface area contributed by atoms with Gasteiger partial charge in [-0.05, 0) is 26.0 Å². The SMILES string of the molecule is CCNc1cc(C(=O)Nc2ccn(C)n2)cc(C)n1. The highest BCUT2D eigenvalue weighted by atomic mass is 16.1. The van der Waals surface area contributed by atoms with Crippen LogP contribution in [-0.4, -0.2) is 27.2 Å². The molecule has 2 aromatic rings. The summed E-state index contributed by atoms with van der Waals surface area (Å²) in [5.41, 5.74) is 1.36. The molecule has 0 saturated carbocycles. The molecule has 0 aliphatic rings. The molecule has 19 heavy (non-hydrogen) atoms. The van der Waals surface area contributed by atoms with Crippen LogP contribution in [0.2, 0.25) is 0 Å². The van der Waals surface area contributed by atoms with Gasteiger partial charge in [0.15, 0.2) is 5.82 Å². The third kappa shape index (κ3) is 3.31. The van der Waals surface area contributed by atoms with E-state index in [2.05, 4.69) is 20.7 Å². The van der Waals surface area contributed by atoms with E-state index in [1.807, 2.05) is 13.8 Å². The summed E-state index contributed by atoms with van der Waals surface area (Å²) in [6.07, 6.45) is 1.78. The molecule has 0 bridgehead atoms. The lowest BCUT2D eigenvalue weighted by atomic mass is 10.2. The van der Waals surface area contributed by atoms with E-state index in [0.717, 1.165) is 12.2 Å². The van der Waals surface area contributed by atoms with Crippen LogP contribution in [0.5, 0.6) is 0 Å². The average molecular weight is 259 g/mol. The maximum Gasteiger partial charge on any atom is 0.257 e. The number of aromatic nitrogens is 3. The summed E-state index contributed by atoms with van der Waals surface area (Å²) in [7, 11) is 1.80. The highest BCUT2D eigenvalue weighted by Crippen LogP contribution is 2.12. The van der Waals surface area contributed by atoms with Crippen molar-refractivity contribution in [2.45, 2.75) is 13.8 Å². The number of rotatable bonds is 4. The first-order valence-corrected chi connectivity index (χ1v) is 6.12. The Kier molecular flexibility index (Phi) is 3.79. The van der Waals surface area contributed by atoms with Gasteiger partial charge in [-0.3, -0.25) is 9.48 Å². The first-order chi connectivity index (χ1) is 9.08. The van der Waals surface area contributed by atoms with Crippen LogP contribution < -0.4 is 10.6 Å². The molecule has 6 nitrogen and oxygen atoms in total. The van der Waals surface area contributed by atoms with Crippen LogP contribution in [0, 0.1) is 6.92 Å². The Morgan fingerprint density at radius 2 is 2.16 bits per heavy atom. The molecule has 100 valence electrons. The molecule has 0 spiro atoms. The Morgan fingerprint density at radius 1 is 1.37 bits per heavy atom. The first-order valence-electron chi connectivity index (χ1n) is 6.12. The van der Waals surface area contributed by atoms with E-state index >= 15 is 0 Å². The summed E-state index contributed by atoms with van der Waals surface area (Å²) < 4.78 is 1.64. The maximum atomic E-state index is 12.1. The molecule has 0 aliphatic heterocycles. The monoisotopic (exact) mass is 259 g/mol. The van der Waals surface area contributed by atoms with Gasteiger partial charge < -0.3 is 10.6 Å². The van der Waals surface area contributed by atoms with Crippen molar-refractivity contribution in [2.24, 2.45) is 7.05 Å². The van der Waals surface area contributed by atoms with E-state index in [1.165, 1.54) is 0 Å². The Morgan fingerprint density at radius 3 is 2.79 bits per heavy atom. The molecule has 0 radical (unpaired) electrons. The van der Waals surface area contributed by atoms with Crippen molar-refractivity contribution in [3.05, 3.63) is 35.7 Å². The summed E-state index contributed by atoms with van der Waals surface area (Å²) >= 11 is 0. The molecular weight excluding hydrogens is 242 g/mol. The van der Waals surface area contributed by atoms with Crippen LogP contribution in [0.25, 0.3) is 0 Å². The Balaban J connectivity index is 2.18. The molecule has 0 saturated heterocycles. The second-order valence-electron chi connectivity index (χ2n) is 4.24. The fourth-order valence-corrected chi connectivity index (χ4v) is 1.74. The minimum atomic E-state index is -0.191. The van der Waals surface area contributed by atoms with Crippen molar-refractivity contribution < 1.29 is 4.79 Å². The van der Waals surface area contributed by atoms with E-state index < -0.39 is 0 Å². The van der Waals surface area contributed by atoms with Crippen LogP contribution in [0.15, 0.2) is 24.4 Å². The minimum absolute atomic E-state index is 0.191. The number of carbonyl (C=O) groups is 1. The first kappa shape index (κ1) is 13.1. The van der Waals surface area contributed by atoms with Gasteiger partial charge >= 0.3 is 0 Å². The summed E-state index contributed by atoms with van der Waals surface area (Å²) in [5.74, 6) is 1.05. The van der Waals surface area contributed by atoms with Crippen molar-refractivity contribution in [3.63, 3.8) is 0 Å². The van der Waals surface area contributed by atoms with Gasteiger partial charge in [-0.2, -0.15) is 5.10 Å². The number of pyridine rings is 1. The second-order valence-corrected chi connectivity index (χ2v) is 4.24. The van der Waals surface area contributed by atoms with Gasteiger partial charge in [0.1, 0.15) is 5.82 Å². The van der Waals surface area contributed by atoms with Crippen molar-refractivity contribution in [1.29, 1.82) is 0 Å². The van der Waals surface area contributed by atoms with E-state index in [0.29, 0.717) is 17.2 Å². The topological polar surface area (TPSA) is 71.8 Å². The van der Waals surface area contributed by atoms with Gasteiger partial charge in [-0.25, -0.2) is 4.98 Å². The van der Waals surface area contributed by atoms with Crippen molar-refractivity contribution >= 4 is 17.5 Å². The molecule has 0 aromatic carbocycles. The van der Waals surface area contributed by atoms with Gasteiger partial charge in [0.05, 0.1) is 0 Å². The van der Waals surface area contributed by atoms with Crippen molar-refractivity contribution in [2.75, 3.05) is 17.2 Å². The highest BCUT2D eigenvalue weighted by molar-refractivity contribution is 6.04. The predicted molar refractivity (Wildman–Crippen MR) is 74.3 cm³/mol. The average Bonchev–Trinajstić information content (AvgIpc) is 2.74. The molecule has 0 aliphatic carbocycles. The van der Waals surface area contributed by atoms with Gasteiger partial charge in [0.2, 0.25) is 0 Å². The number of nitrogens with zero attached hydrogens (tertiary/aromatic N) is 3. The van der Waals surface area contributed by atoms with Crippen LogP contribution >= 0.6 is 0 Å². The van der Waals surface area contributed by atoms with Gasteiger partial charge in [-0.15, -0.1) is 0 Å². The molecule has 2 N–H and O–H groups in total. The minimum Gasteiger partial charge on any atom is -0.370 e. The normalized spacial score (nSPS) is 10.3. The molecule has 2 rings (SSSR count). The predicted octanol–water partition coefficient (Wildman–Crippen LogP) is 1.81. The fraction of sp³-hybridized carbons (Fsp3) is 0.308. The fourth-order valence-electron chi connectivity index (χ4n) is 1.74. The van der Waals surface area contributed by atoms with Crippen LogP contribution in [0.4, 0.5) is 11.6 Å². The summed E-state index contributed by atoms with van der Waals surface area (Å²) in [6, 6.07) is 5.23.